The fourth-order valence-corrected chi connectivity index (χ4v) is 4.71. The molecule has 0 unspecified atom stereocenters. The van der Waals surface area contributed by atoms with Gasteiger partial charge in [0.2, 0.25) is 10.0 Å². The molecular weight excluding hydrogens is 429 g/mol. The number of hydrogen-bond donors (Lipinski definition) is 0. The second-order valence-corrected chi connectivity index (χ2v) is 8.80. The molecule has 8 nitrogen and oxygen atoms in total. The van der Waals surface area contributed by atoms with Crippen molar-refractivity contribution in [1.82, 2.24) is 9.21 Å². The molecule has 1 amide bonds. The van der Waals surface area contributed by atoms with Gasteiger partial charge in [0.15, 0.2) is 0 Å². The minimum absolute atomic E-state index is 0.0142. The van der Waals surface area contributed by atoms with Gasteiger partial charge in [0, 0.05) is 32.2 Å². The van der Waals surface area contributed by atoms with Crippen molar-refractivity contribution in [2.24, 2.45) is 0 Å². The summed E-state index contributed by atoms with van der Waals surface area (Å²) >= 11 is 11.7. The second kappa shape index (κ2) is 8.04. The van der Waals surface area contributed by atoms with Crippen molar-refractivity contribution < 1.29 is 18.1 Å². The highest BCUT2D eigenvalue weighted by molar-refractivity contribution is 7.89. The van der Waals surface area contributed by atoms with Crippen molar-refractivity contribution in [1.29, 1.82) is 0 Å². The van der Waals surface area contributed by atoms with E-state index in [0.717, 1.165) is 0 Å². The molecule has 0 aromatic heterocycles. The van der Waals surface area contributed by atoms with E-state index in [0.29, 0.717) is 0 Å². The summed E-state index contributed by atoms with van der Waals surface area (Å²) in [6.45, 7) is 0.362. The van der Waals surface area contributed by atoms with Crippen molar-refractivity contribution in [2.75, 3.05) is 26.2 Å². The highest BCUT2D eigenvalue weighted by Gasteiger charge is 2.32. The summed E-state index contributed by atoms with van der Waals surface area (Å²) in [6.07, 6.45) is 0. The Hall–Kier alpha value is -2.20. The van der Waals surface area contributed by atoms with E-state index in [4.69, 9.17) is 23.2 Å². The van der Waals surface area contributed by atoms with Crippen LogP contribution < -0.4 is 0 Å². The van der Waals surface area contributed by atoms with Crippen LogP contribution in [-0.2, 0) is 10.0 Å². The lowest BCUT2D eigenvalue weighted by Crippen LogP contribution is -2.50. The molecule has 0 radical (unpaired) electrons. The largest absolute Gasteiger partial charge is 0.336 e. The molecule has 148 valence electrons. The third-order valence-electron chi connectivity index (χ3n) is 4.39. The maximum atomic E-state index is 12.8. The third-order valence-corrected chi connectivity index (χ3v) is 7.02. The molecule has 1 heterocycles. The van der Waals surface area contributed by atoms with Crippen LogP contribution in [0.1, 0.15) is 10.4 Å². The van der Waals surface area contributed by atoms with Gasteiger partial charge in [-0.25, -0.2) is 8.42 Å². The summed E-state index contributed by atoms with van der Waals surface area (Å²) in [4.78, 5) is 24.6. The molecule has 0 bridgehead atoms. The van der Waals surface area contributed by atoms with Gasteiger partial charge in [-0.05, 0) is 24.3 Å². The van der Waals surface area contributed by atoms with Crippen molar-refractivity contribution in [2.45, 2.75) is 4.90 Å². The topological polar surface area (TPSA) is 101 Å². The maximum absolute atomic E-state index is 12.8. The summed E-state index contributed by atoms with van der Waals surface area (Å²) in [5.41, 5.74) is -0.299. The van der Waals surface area contributed by atoms with Gasteiger partial charge in [0.1, 0.15) is 5.56 Å². The van der Waals surface area contributed by atoms with Gasteiger partial charge < -0.3 is 4.90 Å². The number of rotatable bonds is 4. The lowest BCUT2D eigenvalue weighted by molar-refractivity contribution is -0.385. The first kappa shape index (κ1) is 20.5. The molecule has 0 N–H and O–H groups in total. The molecule has 1 saturated heterocycles. The van der Waals surface area contributed by atoms with Gasteiger partial charge in [-0.1, -0.05) is 35.3 Å². The summed E-state index contributed by atoms with van der Waals surface area (Å²) in [6, 6.07) is 9.74. The van der Waals surface area contributed by atoms with Crippen molar-refractivity contribution in [3.05, 3.63) is 68.2 Å². The lowest BCUT2D eigenvalue weighted by Gasteiger charge is -2.34. The minimum atomic E-state index is -3.79. The molecule has 2 aromatic carbocycles. The van der Waals surface area contributed by atoms with E-state index in [1.807, 2.05) is 0 Å². The van der Waals surface area contributed by atoms with Crippen molar-refractivity contribution in [3.8, 4) is 0 Å². The molecule has 11 heteroatoms. The number of carbonyl (C=O) groups is 1. The number of halogens is 2. The molecule has 0 saturated carbocycles. The molecule has 1 aliphatic heterocycles. The van der Waals surface area contributed by atoms with Crippen molar-refractivity contribution >= 4 is 44.8 Å². The van der Waals surface area contributed by atoms with Gasteiger partial charge in [0.05, 0.1) is 19.9 Å². The average molecular weight is 444 g/mol. The summed E-state index contributed by atoms with van der Waals surface area (Å²) in [5, 5.41) is 11.5. The van der Waals surface area contributed by atoms with E-state index in [1.54, 1.807) is 6.07 Å². The van der Waals surface area contributed by atoms with E-state index in [1.165, 1.54) is 45.6 Å². The molecule has 28 heavy (non-hydrogen) atoms. The van der Waals surface area contributed by atoms with Crippen LogP contribution in [-0.4, -0.2) is 54.6 Å². The van der Waals surface area contributed by atoms with Gasteiger partial charge in [0.25, 0.3) is 11.6 Å². The average Bonchev–Trinajstić information content (AvgIpc) is 2.69. The summed E-state index contributed by atoms with van der Waals surface area (Å²) in [5.74, 6) is -0.501. The fourth-order valence-electron chi connectivity index (χ4n) is 2.90. The quantitative estimate of drug-likeness (QED) is 0.533. The number of hydrogen-bond acceptors (Lipinski definition) is 5. The number of piperazine rings is 1. The van der Waals surface area contributed by atoms with Crippen LogP contribution in [0.3, 0.4) is 0 Å². The van der Waals surface area contributed by atoms with Crippen molar-refractivity contribution in [3.63, 3.8) is 0 Å². The first-order chi connectivity index (χ1) is 13.2. The molecule has 0 atom stereocenters. The fraction of sp³-hybridized carbons (Fsp3) is 0.235. The Balaban J connectivity index is 1.75. The number of benzene rings is 2. The summed E-state index contributed by atoms with van der Waals surface area (Å²) in [7, 11) is -3.79. The molecule has 3 rings (SSSR count). The molecule has 2 aromatic rings. The number of para-hydroxylation sites is 1. The predicted octanol–water partition coefficient (Wildman–Crippen LogP) is 3.05. The van der Waals surface area contributed by atoms with Crippen LogP contribution in [0.4, 0.5) is 5.69 Å². The highest BCUT2D eigenvalue weighted by Crippen LogP contribution is 2.27. The Morgan fingerprint density at radius 1 is 1.00 bits per heavy atom. The predicted molar refractivity (Wildman–Crippen MR) is 104 cm³/mol. The smallest absolute Gasteiger partial charge is 0.282 e. The maximum Gasteiger partial charge on any atom is 0.282 e. The van der Waals surface area contributed by atoms with E-state index >= 15 is 0 Å². The summed E-state index contributed by atoms with van der Waals surface area (Å²) < 4.78 is 26.8. The van der Waals surface area contributed by atoms with Gasteiger partial charge in [-0.2, -0.15) is 4.31 Å². The number of carbonyl (C=O) groups excluding carboxylic acids is 1. The van der Waals surface area contributed by atoms with Crippen LogP contribution in [0, 0.1) is 10.1 Å². The van der Waals surface area contributed by atoms with Gasteiger partial charge in [-0.3, -0.25) is 14.9 Å². The van der Waals surface area contributed by atoms with Crippen LogP contribution in [0.2, 0.25) is 10.0 Å². The van der Waals surface area contributed by atoms with E-state index in [9.17, 15) is 23.3 Å². The first-order valence-corrected chi connectivity index (χ1v) is 10.4. The molecule has 0 spiro atoms. The van der Waals surface area contributed by atoms with Crippen LogP contribution in [0.5, 0.6) is 0 Å². The Bertz CT molecular complexity index is 1040. The number of nitrogens with zero attached hydrogens (tertiary/aromatic N) is 3. The highest BCUT2D eigenvalue weighted by atomic mass is 35.5. The standard InChI is InChI=1S/C17H15Cl2N3O5S/c18-14-6-5-12(11-15(14)19)28(26,27)21-9-7-20(8-10-21)17(23)13-3-1-2-4-16(13)22(24)25/h1-6,11H,7-10H2. The monoisotopic (exact) mass is 443 g/mol. The normalized spacial score (nSPS) is 15.4. The Labute approximate surface area is 171 Å². The van der Waals surface area contributed by atoms with Gasteiger partial charge in [-0.15, -0.1) is 0 Å². The van der Waals surface area contributed by atoms with E-state index < -0.39 is 20.9 Å². The number of amides is 1. The van der Waals surface area contributed by atoms with Crippen LogP contribution >= 0.6 is 23.2 Å². The molecule has 1 fully saturated rings. The Morgan fingerprint density at radius 2 is 1.64 bits per heavy atom. The third kappa shape index (κ3) is 3.97. The lowest BCUT2D eigenvalue weighted by atomic mass is 10.1. The minimum Gasteiger partial charge on any atom is -0.336 e. The molecule has 1 aliphatic rings. The van der Waals surface area contributed by atoms with Gasteiger partial charge >= 0.3 is 0 Å². The number of nitro benzene ring substituents is 1. The Kier molecular flexibility index (Phi) is 5.90. The Morgan fingerprint density at radius 3 is 2.25 bits per heavy atom. The molecule has 0 aliphatic carbocycles. The van der Waals surface area contributed by atoms with E-state index in [2.05, 4.69) is 0 Å². The zero-order chi connectivity index (χ0) is 20.5. The number of sulfonamides is 1. The second-order valence-electron chi connectivity index (χ2n) is 6.05. The SMILES string of the molecule is O=C(c1ccccc1[N+](=O)[O-])N1CCN(S(=O)(=O)c2ccc(Cl)c(Cl)c2)CC1. The molecular formula is C17H15Cl2N3O5S. The van der Waals surface area contributed by atoms with Crippen LogP contribution in [0.25, 0.3) is 0 Å². The number of nitro groups is 1. The zero-order valence-electron chi connectivity index (χ0n) is 14.4. The zero-order valence-corrected chi connectivity index (χ0v) is 16.7. The van der Waals surface area contributed by atoms with E-state index in [-0.39, 0.29) is 52.4 Å². The first-order valence-electron chi connectivity index (χ1n) is 8.19. The van der Waals surface area contributed by atoms with Crippen LogP contribution in [0.15, 0.2) is 47.4 Å².